The van der Waals surface area contributed by atoms with Crippen molar-refractivity contribution in [2.45, 2.75) is 31.8 Å². The number of quaternary nitrogens is 1. The molecule has 23 heavy (non-hydrogen) atoms. The molecule has 2 amide bonds. The van der Waals surface area contributed by atoms with Gasteiger partial charge in [-0.25, -0.2) is 0 Å². The fraction of sp³-hybridized carbons (Fsp3) is 0.583. The van der Waals surface area contributed by atoms with Crippen LogP contribution in [0.5, 0.6) is 0 Å². The molecule has 10 nitrogen and oxygen atoms in total. The summed E-state index contributed by atoms with van der Waals surface area (Å²) in [7, 11) is 0. The van der Waals surface area contributed by atoms with Gasteiger partial charge in [0.05, 0.1) is 18.5 Å². The summed E-state index contributed by atoms with van der Waals surface area (Å²) < 4.78 is 0. The Morgan fingerprint density at radius 3 is 2.26 bits per heavy atom. The highest BCUT2D eigenvalue weighted by atomic mass is 32.2. The molecule has 0 aromatic rings. The third-order valence-corrected chi connectivity index (χ3v) is 3.47. The number of thioether (sulfide) groups is 1. The summed E-state index contributed by atoms with van der Waals surface area (Å²) in [5.74, 6) is -4.40. The van der Waals surface area contributed by atoms with E-state index < -0.39 is 42.4 Å². The molecule has 0 aliphatic rings. The molecular formula is C12H18N3O7S-. The predicted molar refractivity (Wildman–Crippen MR) is 74.0 cm³/mol. The molecule has 0 heterocycles. The molecule has 0 spiro atoms. The Labute approximate surface area is 136 Å². The lowest BCUT2D eigenvalue weighted by atomic mass is 10.1. The summed E-state index contributed by atoms with van der Waals surface area (Å²) in [4.78, 5) is 55.3. The molecule has 0 rings (SSSR count). The molecule has 2 atom stereocenters. The van der Waals surface area contributed by atoms with Crippen molar-refractivity contribution in [2.24, 2.45) is 0 Å². The van der Waals surface area contributed by atoms with Crippen LogP contribution in [0.4, 0.5) is 0 Å². The summed E-state index contributed by atoms with van der Waals surface area (Å²) in [6, 6.07) is -2.21. The topological polar surface area (TPSA) is 183 Å². The first-order valence-corrected chi connectivity index (χ1v) is 7.56. The standard InChI is InChI=1S/C12H19N3O7S/c1-6(16)23-5-8(11(20)14-4-10(18)19)15-9(17)3-2-7(13)12(21)22/h7-8H,2-5,13H2,1H3,(H,14,20)(H,15,17)(H,18,19)(H,21,22)/p-1/t7-,8-/m0/s1. The van der Waals surface area contributed by atoms with Gasteiger partial charge in [0.2, 0.25) is 11.8 Å². The van der Waals surface area contributed by atoms with Gasteiger partial charge >= 0.3 is 0 Å². The van der Waals surface area contributed by atoms with E-state index in [1.807, 2.05) is 5.32 Å². The number of carboxylic acids is 2. The molecule has 0 saturated heterocycles. The number of aliphatic carboxylic acids is 2. The molecule has 0 bridgehead atoms. The van der Waals surface area contributed by atoms with Crippen molar-refractivity contribution in [1.29, 1.82) is 0 Å². The van der Waals surface area contributed by atoms with E-state index in [4.69, 9.17) is 0 Å². The number of carbonyl (C=O) groups is 5. The van der Waals surface area contributed by atoms with Gasteiger partial charge in [-0.3, -0.25) is 14.4 Å². The number of hydrogen-bond donors (Lipinski definition) is 3. The Balaban J connectivity index is 4.57. The summed E-state index contributed by atoms with van der Waals surface area (Å²) in [6.45, 7) is 0.539. The minimum atomic E-state index is -1.50. The lowest BCUT2D eigenvalue weighted by Crippen LogP contribution is -2.68. The quantitative estimate of drug-likeness (QED) is 0.349. The fourth-order valence-electron chi connectivity index (χ4n) is 1.36. The molecule has 5 N–H and O–H groups in total. The zero-order valence-corrected chi connectivity index (χ0v) is 13.3. The van der Waals surface area contributed by atoms with Gasteiger partial charge < -0.3 is 36.2 Å². The summed E-state index contributed by atoms with van der Waals surface area (Å²) in [5.41, 5.74) is 3.29. The van der Waals surface area contributed by atoms with E-state index in [9.17, 15) is 34.2 Å². The molecule has 0 aromatic carbocycles. The van der Waals surface area contributed by atoms with Crippen molar-refractivity contribution in [3.05, 3.63) is 0 Å². The van der Waals surface area contributed by atoms with Crippen molar-refractivity contribution in [1.82, 2.24) is 10.6 Å². The van der Waals surface area contributed by atoms with Gasteiger partial charge in [-0.1, -0.05) is 11.8 Å². The van der Waals surface area contributed by atoms with Crippen LogP contribution < -0.4 is 26.6 Å². The number of amides is 2. The Morgan fingerprint density at radius 2 is 1.78 bits per heavy atom. The van der Waals surface area contributed by atoms with Crippen LogP contribution >= 0.6 is 11.8 Å². The zero-order chi connectivity index (χ0) is 18.0. The van der Waals surface area contributed by atoms with E-state index >= 15 is 0 Å². The average Bonchev–Trinajstić information content (AvgIpc) is 2.45. The van der Waals surface area contributed by atoms with E-state index in [-0.39, 0.29) is 23.7 Å². The molecule has 0 fully saturated rings. The fourth-order valence-corrected chi connectivity index (χ4v) is 1.99. The maximum absolute atomic E-state index is 11.8. The van der Waals surface area contributed by atoms with Crippen LogP contribution in [0.2, 0.25) is 0 Å². The molecule has 0 aliphatic heterocycles. The van der Waals surface area contributed by atoms with E-state index in [0.29, 0.717) is 0 Å². The van der Waals surface area contributed by atoms with Crippen LogP contribution in [0, 0.1) is 0 Å². The Hall–Kier alpha value is -2.14. The van der Waals surface area contributed by atoms with Crippen LogP contribution in [0.15, 0.2) is 0 Å². The third kappa shape index (κ3) is 10.3. The van der Waals surface area contributed by atoms with Crippen LogP contribution in [0.3, 0.4) is 0 Å². The van der Waals surface area contributed by atoms with Crippen molar-refractivity contribution in [3.63, 3.8) is 0 Å². The first-order valence-electron chi connectivity index (χ1n) is 6.57. The van der Waals surface area contributed by atoms with E-state index in [2.05, 4.69) is 11.1 Å². The number of rotatable bonds is 10. The lowest BCUT2D eigenvalue weighted by Gasteiger charge is -2.18. The molecule has 130 valence electrons. The van der Waals surface area contributed by atoms with Gasteiger partial charge in [-0.2, -0.15) is 0 Å². The molecular weight excluding hydrogens is 330 g/mol. The van der Waals surface area contributed by atoms with Gasteiger partial charge in [0.25, 0.3) is 0 Å². The van der Waals surface area contributed by atoms with Crippen molar-refractivity contribution in [2.75, 3.05) is 12.3 Å². The second-order valence-electron chi connectivity index (χ2n) is 4.57. The van der Waals surface area contributed by atoms with Gasteiger partial charge in [-0.05, 0) is 0 Å². The monoisotopic (exact) mass is 348 g/mol. The largest absolute Gasteiger partial charge is 0.548 e. The van der Waals surface area contributed by atoms with Crippen LogP contribution in [-0.4, -0.2) is 53.2 Å². The highest BCUT2D eigenvalue weighted by Crippen LogP contribution is 2.05. The summed E-state index contributed by atoms with van der Waals surface area (Å²) in [5, 5.41) is 24.9. The van der Waals surface area contributed by atoms with Crippen molar-refractivity contribution in [3.8, 4) is 0 Å². The average molecular weight is 348 g/mol. The van der Waals surface area contributed by atoms with Gasteiger partial charge in [0.15, 0.2) is 5.12 Å². The minimum Gasteiger partial charge on any atom is -0.548 e. The van der Waals surface area contributed by atoms with E-state index in [0.717, 1.165) is 11.8 Å². The number of nitrogens with one attached hydrogen (secondary N) is 2. The van der Waals surface area contributed by atoms with Crippen LogP contribution in [0.1, 0.15) is 19.8 Å². The molecule has 0 radical (unpaired) electrons. The first kappa shape index (κ1) is 20.9. The first-order chi connectivity index (χ1) is 10.6. The Kier molecular flexibility index (Phi) is 9.58. The maximum Gasteiger partial charge on any atom is 0.243 e. The van der Waals surface area contributed by atoms with E-state index in [1.165, 1.54) is 6.92 Å². The van der Waals surface area contributed by atoms with Gasteiger partial charge in [0.1, 0.15) is 12.1 Å². The summed E-state index contributed by atoms with van der Waals surface area (Å²) in [6.07, 6.45) is -0.293. The highest BCUT2D eigenvalue weighted by molar-refractivity contribution is 8.13. The highest BCUT2D eigenvalue weighted by Gasteiger charge is 2.22. The number of hydrogen-bond acceptors (Lipinski definition) is 8. The molecule has 11 heteroatoms. The second kappa shape index (κ2) is 10.6. The second-order valence-corrected chi connectivity index (χ2v) is 5.76. The Morgan fingerprint density at radius 1 is 1.17 bits per heavy atom. The number of carboxylic acid groups (broad SMARTS) is 2. The van der Waals surface area contributed by atoms with Gasteiger partial charge in [0, 0.05) is 25.5 Å². The lowest BCUT2D eigenvalue weighted by molar-refractivity contribution is -0.438. The molecule has 0 saturated carbocycles. The minimum absolute atomic E-state index is 0.0819. The Bertz CT molecular complexity index is 483. The van der Waals surface area contributed by atoms with Crippen molar-refractivity contribution < 1.29 is 39.9 Å². The molecule has 0 aliphatic carbocycles. The van der Waals surface area contributed by atoms with Gasteiger partial charge in [-0.15, -0.1) is 0 Å². The normalized spacial score (nSPS) is 12.8. The molecule has 0 aromatic heterocycles. The summed E-state index contributed by atoms with van der Waals surface area (Å²) >= 11 is 0.779. The third-order valence-electron chi connectivity index (χ3n) is 2.57. The molecule has 0 unspecified atom stereocenters. The predicted octanol–water partition coefficient (Wildman–Crippen LogP) is -5.24. The maximum atomic E-state index is 11.8. The van der Waals surface area contributed by atoms with Crippen molar-refractivity contribution >= 4 is 40.6 Å². The SMILES string of the molecule is CC(=O)SC[C@H](NC(=O)CC[C@H]([NH3+])C(=O)[O-])C(=O)NCC(=O)[O-]. The smallest absolute Gasteiger partial charge is 0.243 e. The zero-order valence-electron chi connectivity index (χ0n) is 12.5. The number of carbonyl (C=O) groups excluding carboxylic acids is 5. The van der Waals surface area contributed by atoms with Crippen LogP contribution in [-0.2, 0) is 24.0 Å². The van der Waals surface area contributed by atoms with Crippen LogP contribution in [0.25, 0.3) is 0 Å². The van der Waals surface area contributed by atoms with E-state index in [1.54, 1.807) is 0 Å².